The third kappa shape index (κ3) is 2.69. The number of rotatable bonds is 3. The van der Waals surface area contributed by atoms with Gasteiger partial charge in [-0.2, -0.15) is 5.26 Å². The number of nitrogens with zero attached hydrogens (tertiary/aromatic N) is 2. The lowest BCUT2D eigenvalue weighted by atomic mass is 9.88. The first-order valence-electron chi connectivity index (χ1n) is 8.97. The highest BCUT2D eigenvalue weighted by Crippen LogP contribution is 2.51. The quantitative estimate of drug-likeness (QED) is 0.804. The van der Waals surface area contributed by atoms with Crippen LogP contribution >= 0.6 is 0 Å². The molecule has 9 heteroatoms. The topological polar surface area (TPSA) is 115 Å². The number of sulfonamides is 1. The van der Waals surface area contributed by atoms with Crippen molar-refractivity contribution in [2.75, 3.05) is 25.6 Å². The number of methoxy groups -OCH3 is 2. The monoisotopic (exact) mass is 425 g/mol. The Labute approximate surface area is 174 Å². The van der Waals surface area contributed by atoms with Gasteiger partial charge in [0.15, 0.2) is 17.3 Å². The molecule has 4 rings (SSSR count). The molecule has 0 aromatic heterocycles. The lowest BCUT2D eigenvalue weighted by Gasteiger charge is -2.36. The SMILES string of the molecule is COc1ccc([C@@H]2C(C#N)=C(N)OC3=C2S(=O)(=O)N(C)c2ccccc23)cc1OC. The average molecular weight is 425 g/mol. The molecule has 2 aromatic rings. The summed E-state index contributed by atoms with van der Waals surface area (Å²) >= 11 is 0. The van der Waals surface area contributed by atoms with Gasteiger partial charge >= 0.3 is 0 Å². The van der Waals surface area contributed by atoms with Gasteiger partial charge in [0, 0.05) is 12.6 Å². The van der Waals surface area contributed by atoms with E-state index in [0.717, 1.165) is 0 Å². The summed E-state index contributed by atoms with van der Waals surface area (Å²) in [7, 11) is 0.452. The Morgan fingerprint density at radius 2 is 1.83 bits per heavy atom. The highest BCUT2D eigenvalue weighted by molar-refractivity contribution is 7.96. The van der Waals surface area contributed by atoms with E-state index >= 15 is 0 Å². The standard InChI is InChI=1S/C21H19N3O5S/c1-24-15-7-5-4-6-13(15)19-20(30(24,25)26)18(14(11-22)21(23)29-19)12-8-9-16(27-2)17(10-12)28-3/h4-10,18H,23H2,1-3H3/t18-/m1/s1. The van der Waals surface area contributed by atoms with E-state index in [1.807, 2.05) is 6.07 Å². The number of nitrogens with two attached hydrogens (primary N) is 1. The summed E-state index contributed by atoms with van der Waals surface area (Å²) in [6, 6.07) is 14.0. The molecule has 2 N–H and O–H groups in total. The van der Waals surface area contributed by atoms with Crippen LogP contribution in [0.4, 0.5) is 5.69 Å². The summed E-state index contributed by atoms with van der Waals surface area (Å²) in [5.74, 6) is -0.0849. The predicted octanol–water partition coefficient (Wildman–Crippen LogP) is 2.66. The fourth-order valence-corrected chi connectivity index (χ4v) is 5.41. The normalized spacial score (nSPS) is 19.4. The number of nitriles is 1. The lowest BCUT2D eigenvalue weighted by molar-refractivity contribution is 0.352. The first-order chi connectivity index (χ1) is 14.3. The van der Waals surface area contributed by atoms with Crippen LogP contribution in [-0.4, -0.2) is 29.7 Å². The molecule has 30 heavy (non-hydrogen) atoms. The van der Waals surface area contributed by atoms with Gasteiger partial charge in [0.1, 0.15) is 16.5 Å². The Morgan fingerprint density at radius 1 is 1.13 bits per heavy atom. The fourth-order valence-electron chi connectivity index (χ4n) is 3.76. The Morgan fingerprint density at radius 3 is 2.50 bits per heavy atom. The van der Waals surface area contributed by atoms with Gasteiger partial charge in [-0.25, -0.2) is 8.42 Å². The van der Waals surface area contributed by atoms with Crippen LogP contribution in [0, 0.1) is 11.3 Å². The zero-order valence-electron chi connectivity index (χ0n) is 16.5. The third-order valence-corrected chi connectivity index (χ3v) is 7.13. The third-order valence-electron chi connectivity index (χ3n) is 5.24. The highest BCUT2D eigenvalue weighted by atomic mass is 32.2. The van der Waals surface area contributed by atoms with E-state index in [1.54, 1.807) is 42.5 Å². The van der Waals surface area contributed by atoms with Crippen LogP contribution in [0.25, 0.3) is 5.76 Å². The number of anilines is 1. The second kappa shape index (κ2) is 7.00. The highest BCUT2D eigenvalue weighted by Gasteiger charge is 2.46. The summed E-state index contributed by atoms with van der Waals surface area (Å²) in [5, 5.41) is 9.79. The van der Waals surface area contributed by atoms with Crippen LogP contribution in [0.5, 0.6) is 11.5 Å². The molecule has 0 aliphatic carbocycles. The van der Waals surface area contributed by atoms with Crippen molar-refractivity contribution in [3.05, 3.63) is 70.0 Å². The molecule has 2 aliphatic heterocycles. The summed E-state index contributed by atoms with van der Waals surface area (Å²) in [6.07, 6.45) is 0. The van der Waals surface area contributed by atoms with Crippen molar-refractivity contribution >= 4 is 21.5 Å². The molecule has 2 aromatic carbocycles. The van der Waals surface area contributed by atoms with Gasteiger partial charge < -0.3 is 19.9 Å². The summed E-state index contributed by atoms with van der Waals surface area (Å²) < 4.78 is 44.5. The van der Waals surface area contributed by atoms with Gasteiger partial charge in [0.05, 0.1) is 25.8 Å². The Balaban J connectivity index is 2.05. The molecule has 2 heterocycles. The minimum Gasteiger partial charge on any atom is -0.493 e. The van der Waals surface area contributed by atoms with Crippen LogP contribution in [0.3, 0.4) is 0 Å². The molecule has 0 unspecified atom stereocenters. The van der Waals surface area contributed by atoms with E-state index < -0.39 is 15.9 Å². The molecule has 0 saturated heterocycles. The van der Waals surface area contributed by atoms with Gasteiger partial charge in [-0.3, -0.25) is 4.31 Å². The minimum absolute atomic E-state index is 0.0114. The Kier molecular flexibility index (Phi) is 4.59. The molecule has 0 fully saturated rings. The van der Waals surface area contributed by atoms with Crippen LogP contribution in [0.1, 0.15) is 17.0 Å². The first kappa shape index (κ1) is 19.7. The van der Waals surface area contributed by atoms with Crippen LogP contribution in [0.15, 0.2) is 58.8 Å². The fraction of sp³-hybridized carbons (Fsp3) is 0.190. The summed E-state index contributed by atoms with van der Waals surface area (Å²) in [5.41, 5.74) is 7.64. The maximum Gasteiger partial charge on any atom is 0.264 e. The van der Waals surface area contributed by atoms with Gasteiger partial charge in [-0.15, -0.1) is 0 Å². The number of ether oxygens (including phenoxy) is 3. The van der Waals surface area contributed by atoms with Crippen molar-refractivity contribution in [2.24, 2.45) is 5.73 Å². The van der Waals surface area contributed by atoms with Gasteiger partial charge in [0.25, 0.3) is 10.0 Å². The summed E-state index contributed by atoms with van der Waals surface area (Å²) in [6.45, 7) is 0. The van der Waals surface area contributed by atoms with Gasteiger partial charge in [0.2, 0.25) is 5.88 Å². The van der Waals surface area contributed by atoms with E-state index in [0.29, 0.717) is 28.3 Å². The maximum absolute atomic E-state index is 13.5. The van der Waals surface area contributed by atoms with Crippen LogP contribution < -0.4 is 19.5 Å². The van der Waals surface area contributed by atoms with E-state index in [9.17, 15) is 13.7 Å². The number of hydrogen-bond donors (Lipinski definition) is 1. The second-order valence-electron chi connectivity index (χ2n) is 6.72. The first-order valence-corrected chi connectivity index (χ1v) is 10.4. The largest absolute Gasteiger partial charge is 0.493 e. The van der Waals surface area contributed by atoms with E-state index in [1.165, 1.54) is 25.6 Å². The number of hydrogen-bond acceptors (Lipinski definition) is 7. The molecule has 1 atom stereocenters. The molecule has 0 spiro atoms. The molecule has 0 saturated carbocycles. The van der Waals surface area contributed by atoms with E-state index in [2.05, 4.69) is 0 Å². The maximum atomic E-state index is 13.5. The predicted molar refractivity (Wildman–Crippen MR) is 111 cm³/mol. The van der Waals surface area contributed by atoms with Crippen molar-refractivity contribution in [2.45, 2.75) is 5.92 Å². The molecule has 0 radical (unpaired) electrons. The zero-order chi connectivity index (χ0) is 21.6. The van der Waals surface area contributed by atoms with Crippen molar-refractivity contribution in [1.29, 1.82) is 5.26 Å². The molecule has 2 aliphatic rings. The Hall–Kier alpha value is -3.64. The molecule has 154 valence electrons. The summed E-state index contributed by atoms with van der Waals surface area (Å²) in [4.78, 5) is -0.0401. The van der Waals surface area contributed by atoms with Crippen molar-refractivity contribution < 1.29 is 22.6 Å². The molecule has 0 bridgehead atoms. The van der Waals surface area contributed by atoms with Crippen LogP contribution in [-0.2, 0) is 14.8 Å². The van der Waals surface area contributed by atoms with Gasteiger partial charge in [-0.05, 0) is 29.8 Å². The Bertz CT molecular complexity index is 1260. The van der Waals surface area contributed by atoms with Crippen molar-refractivity contribution in [3.8, 4) is 17.6 Å². The number of para-hydroxylation sites is 1. The van der Waals surface area contributed by atoms with E-state index in [4.69, 9.17) is 19.9 Å². The van der Waals surface area contributed by atoms with Crippen LogP contribution in [0.2, 0.25) is 0 Å². The van der Waals surface area contributed by atoms with Crippen molar-refractivity contribution in [1.82, 2.24) is 0 Å². The number of fused-ring (bicyclic) bond motifs is 2. The smallest absolute Gasteiger partial charge is 0.264 e. The minimum atomic E-state index is -4.00. The second-order valence-corrected chi connectivity index (χ2v) is 8.66. The van der Waals surface area contributed by atoms with E-state index in [-0.39, 0.29) is 22.1 Å². The van der Waals surface area contributed by atoms with Crippen molar-refractivity contribution in [3.63, 3.8) is 0 Å². The number of allylic oxidation sites excluding steroid dienone is 2. The molecule has 0 amide bonds. The molecular weight excluding hydrogens is 406 g/mol. The van der Waals surface area contributed by atoms with Gasteiger partial charge in [-0.1, -0.05) is 18.2 Å². The molecular formula is C21H19N3O5S. The number of benzene rings is 2. The molecule has 8 nitrogen and oxygen atoms in total. The lowest BCUT2D eigenvalue weighted by Crippen LogP contribution is -2.37. The zero-order valence-corrected chi connectivity index (χ0v) is 17.4. The average Bonchev–Trinajstić information content (AvgIpc) is 2.76.